The molecule has 0 radical (unpaired) electrons. The van der Waals surface area contributed by atoms with Gasteiger partial charge in [0.25, 0.3) is 6.47 Å². The van der Waals surface area contributed by atoms with E-state index in [4.69, 9.17) is 20.2 Å². The van der Waals surface area contributed by atoms with Gasteiger partial charge in [0.05, 0.1) is 0 Å². The highest BCUT2D eigenvalue weighted by atomic mass is 19.2. The molecule has 1 fully saturated rings. The topological polar surface area (TPSA) is 148 Å². The maximum Gasteiger partial charge on any atom is 0.290 e. The number of amides is 1. The van der Waals surface area contributed by atoms with Crippen LogP contribution in [0.15, 0.2) is 35.1 Å². The van der Waals surface area contributed by atoms with Crippen molar-refractivity contribution in [2.45, 2.75) is 37.8 Å². The Labute approximate surface area is 191 Å². The van der Waals surface area contributed by atoms with Crippen LogP contribution >= 0.6 is 0 Å². The number of benzene rings is 1. The summed E-state index contributed by atoms with van der Waals surface area (Å²) in [6.07, 6.45) is 4.28. The van der Waals surface area contributed by atoms with Gasteiger partial charge in [0, 0.05) is 37.5 Å². The fraction of sp³-hybridized carbons (Fsp3) is 0.333. The monoisotopic (exact) mass is 478 g/mol. The number of carboxylic acid groups (broad SMARTS) is 1. The molecule has 0 bridgehead atoms. The highest BCUT2D eigenvalue weighted by molar-refractivity contribution is 5.77. The summed E-state index contributed by atoms with van der Waals surface area (Å²) in [5.41, 5.74) is 5.92. The molecular weight excluding hydrogens is 457 g/mol. The molecule has 10 nitrogen and oxygen atoms in total. The zero-order valence-electron chi connectivity index (χ0n) is 17.8. The van der Waals surface area contributed by atoms with Gasteiger partial charge in [0.15, 0.2) is 11.6 Å². The van der Waals surface area contributed by atoms with Crippen LogP contribution in [0.4, 0.5) is 13.2 Å². The lowest BCUT2D eigenvalue weighted by Gasteiger charge is -2.23. The number of hydrogen-bond donors (Lipinski definition) is 2. The molecule has 1 saturated heterocycles. The fourth-order valence-electron chi connectivity index (χ4n) is 3.61. The van der Waals surface area contributed by atoms with Gasteiger partial charge in [-0.2, -0.15) is 4.98 Å². The number of carbonyl (C=O) groups excluding carboxylic acids is 1. The Morgan fingerprint density at radius 3 is 2.59 bits per heavy atom. The van der Waals surface area contributed by atoms with Crippen molar-refractivity contribution in [1.82, 2.24) is 25.0 Å². The van der Waals surface area contributed by atoms with Crippen molar-refractivity contribution in [3.05, 3.63) is 59.5 Å². The first-order valence-electron chi connectivity index (χ1n) is 10.2. The molecule has 4 rings (SSSR count). The molecule has 180 valence electrons. The van der Waals surface area contributed by atoms with Crippen LogP contribution in [-0.2, 0) is 16.0 Å². The lowest BCUT2D eigenvalue weighted by Crippen LogP contribution is -2.36. The Morgan fingerprint density at radius 2 is 1.88 bits per heavy atom. The summed E-state index contributed by atoms with van der Waals surface area (Å²) >= 11 is 0. The van der Waals surface area contributed by atoms with E-state index in [1.165, 1.54) is 0 Å². The van der Waals surface area contributed by atoms with Gasteiger partial charge in [-0.3, -0.25) is 9.59 Å². The van der Waals surface area contributed by atoms with E-state index >= 15 is 0 Å². The van der Waals surface area contributed by atoms with E-state index in [0.29, 0.717) is 24.9 Å². The zero-order valence-corrected chi connectivity index (χ0v) is 17.8. The number of likely N-dealkylation sites (tertiary alicyclic amines) is 1. The lowest BCUT2D eigenvalue weighted by molar-refractivity contribution is -0.133. The van der Waals surface area contributed by atoms with Gasteiger partial charge in [-0.1, -0.05) is 5.16 Å². The standard InChI is InChI=1S/C20H19F3N6O2.CH2O2/c21-13-10-15(23)14(22)8-11(13)7-12(24)9-17(30)29-6-1-3-16(29)20-27-19(28-31-20)18-25-4-2-5-26-18;2-1-3/h2,4-5,8,10,12,16H,1,3,6-7,9,24H2;1H,(H,2,3)/t12?,16-;/m0./s1. The van der Waals surface area contributed by atoms with Crippen molar-refractivity contribution in [2.24, 2.45) is 5.73 Å². The molecule has 2 atom stereocenters. The molecule has 0 saturated carbocycles. The van der Waals surface area contributed by atoms with Crippen LogP contribution in [0.3, 0.4) is 0 Å². The van der Waals surface area contributed by atoms with E-state index in [9.17, 15) is 18.0 Å². The summed E-state index contributed by atoms with van der Waals surface area (Å²) < 4.78 is 45.7. The Bertz CT molecular complexity index is 1130. The molecule has 1 unspecified atom stereocenters. The van der Waals surface area contributed by atoms with Crippen molar-refractivity contribution >= 4 is 12.4 Å². The first-order chi connectivity index (χ1) is 16.3. The first kappa shape index (κ1) is 24.8. The molecule has 1 amide bonds. The van der Waals surface area contributed by atoms with E-state index in [0.717, 1.165) is 12.5 Å². The summed E-state index contributed by atoms with van der Waals surface area (Å²) in [5.74, 6) is -2.80. The average Bonchev–Trinajstić information content (AvgIpc) is 3.48. The van der Waals surface area contributed by atoms with Crippen LogP contribution in [-0.4, -0.2) is 55.1 Å². The molecule has 34 heavy (non-hydrogen) atoms. The third kappa shape index (κ3) is 5.92. The minimum Gasteiger partial charge on any atom is -0.483 e. The quantitative estimate of drug-likeness (QED) is 0.402. The molecule has 1 aliphatic heterocycles. The third-order valence-corrected chi connectivity index (χ3v) is 5.07. The van der Waals surface area contributed by atoms with E-state index in [-0.39, 0.29) is 42.5 Å². The summed E-state index contributed by atoms with van der Waals surface area (Å²) in [7, 11) is 0. The van der Waals surface area contributed by atoms with Crippen molar-refractivity contribution in [3.8, 4) is 11.6 Å². The number of hydrogen-bond acceptors (Lipinski definition) is 8. The minimum absolute atomic E-state index is 0.0819. The molecule has 13 heteroatoms. The number of nitrogens with two attached hydrogens (primary N) is 1. The van der Waals surface area contributed by atoms with Crippen LogP contribution < -0.4 is 5.73 Å². The summed E-state index contributed by atoms with van der Waals surface area (Å²) in [6.45, 7) is 0.231. The van der Waals surface area contributed by atoms with Gasteiger partial charge < -0.3 is 20.3 Å². The molecule has 0 spiro atoms. The van der Waals surface area contributed by atoms with E-state index < -0.39 is 29.5 Å². The first-order valence-corrected chi connectivity index (χ1v) is 10.2. The second kappa shape index (κ2) is 11.3. The fourth-order valence-corrected chi connectivity index (χ4v) is 3.61. The van der Waals surface area contributed by atoms with Gasteiger partial charge in [0.2, 0.25) is 23.4 Å². The summed E-state index contributed by atoms with van der Waals surface area (Å²) in [4.78, 5) is 35.2. The average molecular weight is 478 g/mol. The number of aromatic nitrogens is 4. The molecule has 3 aromatic rings. The van der Waals surface area contributed by atoms with Gasteiger partial charge >= 0.3 is 0 Å². The molecule has 2 aromatic heterocycles. The molecule has 1 aliphatic rings. The zero-order chi connectivity index (χ0) is 24.7. The SMILES string of the molecule is NC(CC(=O)N1CCC[C@H]1c1nc(-c2ncccn2)no1)Cc1cc(F)c(F)cc1F.O=CO. The van der Waals surface area contributed by atoms with Crippen LogP contribution in [0.2, 0.25) is 0 Å². The third-order valence-electron chi connectivity index (χ3n) is 5.07. The van der Waals surface area contributed by atoms with Crippen molar-refractivity contribution in [2.75, 3.05) is 6.54 Å². The number of rotatable bonds is 6. The highest BCUT2D eigenvalue weighted by Crippen LogP contribution is 2.32. The van der Waals surface area contributed by atoms with Gasteiger partial charge in [0.1, 0.15) is 11.9 Å². The normalized spacial score (nSPS) is 16.0. The predicted octanol–water partition coefficient (Wildman–Crippen LogP) is 2.27. The molecule has 1 aromatic carbocycles. The summed E-state index contributed by atoms with van der Waals surface area (Å²) in [6, 6.07) is 1.71. The predicted molar refractivity (Wildman–Crippen MR) is 110 cm³/mol. The number of carbonyl (C=O) groups is 2. The van der Waals surface area contributed by atoms with E-state index in [2.05, 4.69) is 20.1 Å². The van der Waals surface area contributed by atoms with Gasteiger partial charge in [-0.05, 0) is 37.0 Å². The maximum atomic E-state index is 13.9. The van der Waals surface area contributed by atoms with E-state index in [1.54, 1.807) is 23.4 Å². The molecule has 3 heterocycles. The Morgan fingerprint density at radius 1 is 1.21 bits per heavy atom. The Kier molecular flexibility index (Phi) is 8.24. The van der Waals surface area contributed by atoms with Gasteiger partial charge in [-0.15, -0.1) is 0 Å². The largest absolute Gasteiger partial charge is 0.483 e. The van der Waals surface area contributed by atoms with Crippen LogP contribution in [0.5, 0.6) is 0 Å². The molecule has 0 aliphatic carbocycles. The second-order valence-electron chi connectivity index (χ2n) is 7.41. The smallest absolute Gasteiger partial charge is 0.290 e. The highest BCUT2D eigenvalue weighted by Gasteiger charge is 2.34. The van der Waals surface area contributed by atoms with Crippen LogP contribution in [0, 0.1) is 17.5 Å². The Balaban J connectivity index is 0.00000103. The summed E-state index contributed by atoms with van der Waals surface area (Å²) in [5, 5.41) is 10.8. The minimum atomic E-state index is -1.27. The van der Waals surface area contributed by atoms with Crippen molar-refractivity contribution in [3.63, 3.8) is 0 Å². The van der Waals surface area contributed by atoms with Crippen LogP contribution in [0.1, 0.15) is 36.8 Å². The van der Waals surface area contributed by atoms with Crippen molar-refractivity contribution in [1.29, 1.82) is 0 Å². The van der Waals surface area contributed by atoms with Gasteiger partial charge in [-0.25, -0.2) is 23.1 Å². The van der Waals surface area contributed by atoms with Crippen molar-refractivity contribution < 1.29 is 32.4 Å². The molecular formula is C21H21F3N6O4. The molecule has 3 N–H and O–H groups in total. The maximum absolute atomic E-state index is 13.9. The van der Waals surface area contributed by atoms with Crippen LogP contribution in [0.25, 0.3) is 11.6 Å². The lowest BCUT2D eigenvalue weighted by atomic mass is 10.0. The Hall–Kier alpha value is -3.87. The van der Waals surface area contributed by atoms with E-state index in [1.807, 2.05) is 0 Å². The second-order valence-corrected chi connectivity index (χ2v) is 7.41. The number of halogens is 3. The number of nitrogens with zero attached hydrogens (tertiary/aromatic N) is 5.